The minimum Gasteiger partial charge on any atom is -0.465 e. The minimum absolute atomic E-state index is 0.00867. The third-order valence-corrected chi connectivity index (χ3v) is 3.91. The van der Waals surface area contributed by atoms with E-state index in [1.165, 1.54) is 37.6 Å². The Labute approximate surface area is 159 Å². The van der Waals surface area contributed by atoms with E-state index in [4.69, 9.17) is 4.42 Å². The fraction of sp³-hybridized carbons (Fsp3) is 0.150. The summed E-state index contributed by atoms with van der Waals surface area (Å²) in [5.41, 5.74) is 0.662. The minimum atomic E-state index is -0.671. The van der Waals surface area contributed by atoms with Crippen LogP contribution in [0.1, 0.15) is 22.7 Å². The lowest BCUT2D eigenvalue weighted by molar-refractivity contribution is -0.116. The molecule has 2 aromatic carbocycles. The van der Waals surface area contributed by atoms with E-state index in [0.29, 0.717) is 17.2 Å². The van der Waals surface area contributed by atoms with Gasteiger partial charge in [0.1, 0.15) is 11.6 Å². The number of amides is 1. The molecule has 8 heteroatoms. The zero-order valence-electron chi connectivity index (χ0n) is 14.9. The lowest BCUT2D eigenvalue weighted by Gasteiger charge is -2.07. The summed E-state index contributed by atoms with van der Waals surface area (Å²) in [5.74, 6) is -1.36. The third kappa shape index (κ3) is 4.59. The van der Waals surface area contributed by atoms with Crippen molar-refractivity contribution in [3.05, 3.63) is 71.8 Å². The summed E-state index contributed by atoms with van der Waals surface area (Å²) in [5, 5.41) is 2.41. The quantitative estimate of drug-likeness (QED) is 0.648. The number of rotatable bonds is 6. The van der Waals surface area contributed by atoms with Crippen molar-refractivity contribution in [2.75, 3.05) is 12.4 Å². The van der Waals surface area contributed by atoms with Gasteiger partial charge in [-0.15, -0.1) is 0 Å². The number of methoxy groups -OCH3 is 1. The van der Waals surface area contributed by atoms with E-state index < -0.39 is 17.7 Å². The molecule has 0 aliphatic carbocycles. The molecule has 0 aliphatic heterocycles. The SMILES string of the molecule is COC(=O)c1ccc(F)c(NC(=O)CCc2ncc(-c3ccc(F)cc3)o2)c1. The van der Waals surface area contributed by atoms with Gasteiger partial charge in [0.05, 0.1) is 24.6 Å². The number of hydrogen-bond acceptors (Lipinski definition) is 5. The number of carbonyl (C=O) groups excluding carboxylic acids is 2. The topological polar surface area (TPSA) is 81.4 Å². The Morgan fingerprint density at radius 2 is 1.89 bits per heavy atom. The summed E-state index contributed by atoms with van der Waals surface area (Å²) < 4.78 is 36.9. The number of hydrogen-bond donors (Lipinski definition) is 1. The van der Waals surface area contributed by atoms with E-state index >= 15 is 0 Å². The predicted molar refractivity (Wildman–Crippen MR) is 96.6 cm³/mol. The van der Waals surface area contributed by atoms with E-state index in [-0.39, 0.29) is 29.9 Å². The summed E-state index contributed by atoms with van der Waals surface area (Å²) >= 11 is 0. The van der Waals surface area contributed by atoms with Crippen LogP contribution in [0.2, 0.25) is 0 Å². The van der Waals surface area contributed by atoms with Gasteiger partial charge in [-0.1, -0.05) is 0 Å². The van der Waals surface area contributed by atoms with Crippen molar-refractivity contribution in [2.45, 2.75) is 12.8 Å². The van der Waals surface area contributed by atoms with Gasteiger partial charge in [-0.2, -0.15) is 0 Å². The number of carbonyl (C=O) groups is 2. The molecule has 0 unspecified atom stereocenters. The van der Waals surface area contributed by atoms with E-state index in [9.17, 15) is 18.4 Å². The molecular formula is C20H16F2N2O4. The molecule has 0 radical (unpaired) electrons. The van der Waals surface area contributed by atoms with Crippen molar-refractivity contribution in [1.82, 2.24) is 4.98 Å². The van der Waals surface area contributed by atoms with Crippen LogP contribution < -0.4 is 5.32 Å². The van der Waals surface area contributed by atoms with Gasteiger partial charge in [0.2, 0.25) is 5.91 Å². The van der Waals surface area contributed by atoms with Gasteiger partial charge < -0.3 is 14.5 Å². The Bertz CT molecular complexity index is 1000. The van der Waals surface area contributed by atoms with Crippen LogP contribution in [0.3, 0.4) is 0 Å². The number of anilines is 1. The van der Waals surface area contributed by atoms with Crippen molar-refractivity contribution in [1.29, 1.82) is 0 Å². The number of oxazole rings is 1. The molecular weight excluding hydrogens is 370 g/mol. The second kappa shape index (κ2) is 8.43. The van der Waals surface area contributed by atoms with E-state index in [1.54, 1.807) is 12.1 Å². The van der Waals surface area contributed by atoms with Crippen LogP contribution in [-0.2, 0) is 16.0 Å². The van der Waals surface area contributed by atoms with Crippen LogP contribution in [0, 0.1) is 11.6 Å². The highest BCUT2D eigenvalue weighted by atomic mass is 19.1. The van der Waals surface area contributed by atoms with Crippen LogP contribution in [0.25, 0.3) is 11.3 Å². The molecule has 1 N–H and O–H groups in total. The number of ether oxygens (including phenoxy) is 1. The average Bonchev–Trinajstić information content (AvgIpc) is 3.17. The number of nitrogens with zero attached hydrogens (tertiary/aromatic N) is 1. The van der Waals surface area contributed by atoms with Crippen molar-refractivity contribution in [3.8, 4) is 11.3 Å². The van der Waals surface area contributed by atoms with Crippen LogP contribution >= 0.6 is 0 Å². The number of esters is 1. The molecule has 3 rings (SSSR count). The highest BCUT2D eigenvalue weighted by molar-refractivity contribution is 5.94. The highest BCUT2D eigenvalue weighted by Gasteiger charge is 2.14. The maximum atomic E-state index is 13.9. The number of aromatic nitrogens is 1. The van der Waals surface area contributed by atoms with Gasteiger partial charge in [0, 0.05) is 18.4 Å². The molecule has 0 aliphatic rings. The van der Waals surface area contributed by atoms with E-state index in [2.05, 4.69) is 15.0 Å². The zero-order valence-corrected chi connectivity index (χ0v) is 14.9. The van der Waals surface area contributed by atoms with Crippen LogP contribution in [0.4, 0.5) is 14.5 Å². The van der Waals surface area contributed by atoms with Crippen molar-refractivity contribution < 1.29 is 27.5 Å². The third-order valence-electron chi connectivity index (χ3n) is 3.91. The van der Waals surface area contributed by atoms with Gasteiger partial charge in [-0.25, -0.2) is 18.6 Å². The second-order valence-corrected chi connectivity index (χ2v) is 5.86. The standard InChI is InChI=1S/C20H16F2N2O4/c1-27-20(26)13-4-7-15(22)16(10-13)24-18(25)8-9-19-23-11-17(28-19)12-2-5-14(21)6-3-12/h2-7,10-11H,8-9H2,1H3,(H,24,25). The Hall–Kier alpha value is -3.55. The van der Waals surface area contributed by atoms with Crippen molar-refractivity contribution in [3.63, 3.8) is 0 Å². The second-order valence-electron chi connectivity index (χ2n) is 5.86. The molecule has 1 amide bonds. The Kier molecular flexibility index (Phi) is 5.78. The number of benzene rings is 2. The van der Waals surface area contributed by atoms with Crippen molar-refractivity contribution >= 4 is 17.6 Å². The molecule has 0 saturated carbocycles. The molecule has 3 aromatic rings. The molecule has 0 atom stereocenters. The smallest absolute Gasteiger partial charge is 0.337 e. The lowest BCUT2D eigenvalue weighted by Crippen LogP contribution is -2.14. The monoisotopic (exact) mass is 386 g/mol. The number of halogens is 2. The maximum absolute atomic E-state index is 13.9. The summed E-state index contributed by atoms with van der Waals surface area (Å²) in [7, 11) is 1.21. The normalized spacial score (nSPS) is 10.5. The van der Waals surface area contributed by atoms with Gasteiger partial charge >= 0.3 is 5.97 Å². The molecule has 1 heterocycles. The molecule has 1 aromatic heterocycles. The number of aryl methyl sites for hydroxylation is 1. The molecule has 144 valence electrons. The predicted octanol–water partition coefficient (Wildman–Crippen LogP) is 3.98. The van der Waals surface area contributed by atoms with Crippen LogP contribution in [0.15, 0.2) is 53.1 Å². The molecule has 6 nitrogen and oxygen atoms in total. The van der Waals surface area contributed by atoms with Gasteiger partial charge in [0.15, 0.2) is 11.7 Å². The average molecular weight is 386 g/mol. The van der Waals surface area contributed by atoms with Gasteiger partial charge in [0.25, 0.3) is 0 Å². The molecule has 28 heavy (non-hydrogen) atoms. The molecule has 0 bridgehead atoms. The summed E-state index contributed by atoms with van der Waals surface area (Å²) in [6, 6.07) is 9.28. The summed E-state index contributed by atoms with van der Waals surface area (Å²) in [6.07, 6.45) is 1.66. The molecule has 0 saturated heterocycles. The maximum Gasteiger partial charge on any atom is 0.337 e. The van der Waals surface area contributed by atoms with Gasteiger partial charge in [-0.3, -0.25) is 4.79 Å². The first-order valence-electron chi connectivity index (χ1n) is 8.34. The Balaban J connectivity index is 1.61. The lowest BCUT2D eigenvalue weighted by atomic mass is 10.2. The molecule has 0 fully saturated rings. The Morgan fingerprint density at radius 3 is 2.61 bits per heavy atom. The van der Waals surface area contributed by atoms with E-state index in [0.717, 1.165) is 6.07 Å². The summed E-state index contributed by atoms with van der Waals surface area (Å²) in [6.45, 7) is 0. The first-order valence-corrected chi connectivity index (χ1v) is 8.34. The highest BCUT2D eigenvalue weighted by Crippen LogP contribution is 2.21. The fourth-order valence-electron chi connectivity index (χ4n) is 2.47. The largest absolute Gasteiger partial charge is 0.465 e. The van der Waals surface area contributed by atoms with Crippen LogP contribution in [0.5, 0.6) is 0 Å². The van der Waals surface area contributed by atoms with E-state index in [1.807, 2.05) is 0 Å². The van der Waals surface area contributed by atoms with Crippen molar-refractivity contribution in [2.24, 2.45) is 0 Å². The Morgan fingerprint density at radius 1 is 1.14 bits per heavy atom. The summed E-state index contributed by atoms with van der Waals surface area (Å²) in [4.78, 5) is 27.7. The number of nitrogens with one attached hydrogen (secondary N) is 1. The molecule has 0 spiro atoms. The van der Waals surface area contributed by atoms with Crippen LogP contribution in [-0.4, -0.2) is 24.0 Å². The fourth-order valence-corrected chi connectivity index (χ4v) is 2.47. The first kappa shape index (κ1) is 19.2. The zero-order chi connectivity index (χ0) is 20.1. The first-order chi connectivity index (χ1) is 13.5. The van der Waals surface area contributed by atoms with Gasteiger partial charge in [-0.05, 0) is 42.5 Å².